The Balaban J connectivity index is 1.40. The maximum atomic E-state index is 16.0. The van der Waals surface area contributed by atoms with Crippen molar-refractivity contribution in [3.63, 3.8) is 0 Å². The molecule has 0 fully saturated rings. The number of hydrogen-bond donors (Lipinski definition) is 0. The summed E-state index contributed by atoms with van der Waals surface area (Å²) in [7, 11) is 0. The Kier molecular flexibility index (Phi) is 5.71. The lowest BCUT2D eigenvalue weighted by molar-refractivity contribution is -0.386. The number of hydrogen-bond acceptors (Lipinski definition) is 0. The maximum absolute atomic E-state index is 16.0. The molecule has 0 bridgehead atoms. The first-order valence-electron chi connectivity index (χ1n) is 16.8. The van der Waals surface area contributed by atoms with Crippen molar-refractivity contribution in [2.75, 3.05) is 0 Å². The molecular weight excluding hydrogens is 799 g/mol. The average Bonchev–Trinajstić information content (AvgIpc) is 3.67. The summed E-state index contributed by atoms with van der Waals surface area (Å²) in [6.45, 7) is -1.92. The summed E-state index contributed by atoms with van der Waals surface area (Å²) in [6.07, 6.45) is 0. The molecule has 4 aliphatic rings. The van der Waals surface area contributed by atoms with Gasteiger partial charge >= 0.3 is 47.4 Å². The van der Waals surface area contributed by atoms with Crippen LogP contribution in [0.1, 0.15) is 22.3 Å². The molecular formula is C38H13BF16N2. The number of nitrogens with zero attached hydrogens (tertiary/aromatic N) is 2. The van der Waals surface area contributed by atoms with Gasteiger partial charge in [-0.05, 0) is 40.7 Å². The summed E-state index contributed by atoms with van der Waals surface area (Å²) in [5.74, 6) is -50.9. The fraction of sp³-hybridized carbons (Fsp3) is 0.211. The summed E-state index contributed by atoms with van der Waals surface area (Å²) in [6, 6.07) is 14.0. The first-order chi connectivity index (χ1) is 26.4. The fourth-order valence-corrected chi connectivity index (χ4v) is 9.63. The highest BCUT2D eigenvalue weighted by Crippen LogP contribution is 2.68. The van der Waals surface area contributed by atoms with E-state index in [2.05, 4.69) is 0 Å². The van der Waals surface area contributed by atoms with Crippen LogP contribution in [0.5, 0.6) is 0 Å². The van der Waals surface area contributed by atoms with Gasteiger partial charge in [0.25, 0.3) is 6.71 Å². The van der Waals surface area contributed by atoms with Crippen LogP contribution in [0.4, 0.5) is 70.2 Å². The predicted molar refractivity (Wildman–Crippen MR) is 175 cm³/mol. The molecule has 2 aliphatic carbocycles. The molecule has 2 nitrogen and oxygen atoms in total. The van der Waals surface area contributed by atoms with Crippen molar-refractivity contribution >= 4 is 66.7 Å². The monoisotopic (exact) mass is 812 g/mol. The lowest BCUT2D eigenvalue weighted by atomic mass is 9.33. The van der Waals surface area contributed by atoms with E-state index < -0.39 is 120 Å². The average molecular weight is 812 g/mol. The Labute approximate surface area is 305 Å². The van der Waals surface area contributed by atoms with Gasteiger partial charge in [-0.1, -0.05) is 54.6 Å². The molecule has 57 heavy (non-hydrogen) atoms. The van der Waals surface area contributed by atoms with Crippen LogP contribution >= 0.6 is 0 Å². The smallest absolute Gasteiger partial charge is 0.310 e. The first-order valence-corrected chi connectivity index (χ1v) is 16.8. The van der Waals surface area contributed by atoms with Crippen molar-refractivity contribution in [3.8, 4) is 11.4 Å². The molecule has 0 saturated heterocycles. The highest BCUT2D eigenvalue weighted by atomic mass is 19.4. The van der Waals surface area contributed by atoms with Crippen LogP contribution in [0.15, 0.2) is 78.9 Å². The van der Waals surface area contributed by atoms with Crippen molar-refractivity contribution in [1.29, 1.82) is 0 Å². The van der Waals surface area contributed by atoms with Crippen LogP contribution in [-0.4, -0.2) is 39.5 Å². The molecule has 19 heteroatoms. The van der Waals surface area contributed by atoms with E-state index >= 15 is 70.2 Å². The van der Waals surface area contributed by atoms with E-state index in [4.69, 9.17) is 0 Å². The van der Waals surface area contributed by atoms with Gasteiger partial charge < -0.3 is 9.13 Å². The number of para-hydroxylation sites is 2. The van der Waals surface area contributed by atoms with Gasteiger partial charge in [0.1, 0.15) is 0 Å². The minimum Gasteiger partial charge on any atom is -0.310 e. The third kappa shape index (κ3) is 3.23. The van der Waals surface area contributed by atoms with Gasteiger partial charge in [-0.15, -0.1) is 0 Å². The van der Waals surface area contributed by atoms with Crippen LogP contribution in [0.25, 0.3) is 55.0 Å². The maximum Gasteiger partial charge on any atom is 0.382 e. The second kappa shape index (κ2) is 9.33. The number of rotatable bonds is 0. The van der Waals surface area contributed by atoms with Gasteiger partial charge in [0.2, 0.25) is 0 Å². The van der Waals surface area contributed by atoms with Gasteiger partial charge in [0, 0.05) is 66.2 Å². The quantitative estimate of drug-likeness (QED) is 0.107. The Morgan fingerprint density at radius 3 is 1.14 bits per heavy atom. The summed E-state index contributed by atoms with van der Waals surface area (Å²) in [5, 5.41) is -2.94. The summed E-state index contributed by atoms with van der Waals surface area (Å²) >= 11 is 0. The van der Waals surface area contributed by atoms with Crippen molar-refractivity contribution in [3.05, 3.63) is 101 Å². The molecule has 0 N–H and O–H groups in total. The van der Waals surface area contributed by atoms with Crippen LogP contribution < -0.4 is 16.4 Å². The van der Waals surface area contributed by atoms with Crippen molar-refractivity contribution in [2.24, 2.45) is 0 Å². The van der Waals surface area contributed by atoms with E-state index in [1.807, 2.05) is 0 Å². The zero-order valence-electron chi connectivity index (χ0n) is 27.5. The Hall–Kier alpha value is -5.36. The molecule has 7 aromatic rings. The van der Waals surface area contributed by atoms with Crippen LogP contribution in [-0.2, 0) is 23.7 Å². The van der Waals surface area contributed by atoms with Gasteiger partial charge in [-0.2, -0.15) is 70.2 Å². The molecule has 0 amide bonds. The molecule has 0 unspecified atom stereocenters. The number of fused-ring (bicyclic) bond motifs is 14. The topological polar surface area (TPSA) is 9.86 Å². The Morgan fingerprint density at radius 2 is 0.754 bits per heavy atom. The predicted octanol–water partition coefficient (Wildman–Crippen LogP) is 9.96. The molecule has 0 radical (unpaired) electrons. The number of aromatic nitrogens is 2. The van der Waals surface area contributed by atoms with E-state index in [0.29, 0.717) is 0 Å². The van der Waals surface area contributed by atoms with E-state index in [1.165, 1.54) is 63.7 Å². The standard InChI is InChI=1S/C38H13BF16N2/c40-31(41)16-12-18-29-24(26(16)33(44,45)37(52,53)35(31,48)49)14-6-1-3-8-20(14)56(29)22-10-5-11-23-28(22)39(18)19-13-17-27(25-15-7-2-4-9-21(15)57(23)30(19)25)34(46,47)38(54,55)36(50,51)32(17,42)43/h1-13H. The first kappa shape index (κ1) is 34.9. The third-order valence-electron chi connectivity index (χ3n) is 12.1. The number of halogens is 16. The summed E-state index contributed by atoms with van der Waals surface area (Å²) < 4.78 is 251. The van der Waals surface area contributed by atoms with E-state index in [-0.39, 0.29) is 40.0 Å². The van der Waals surface area contributed by atoms with E-state index in [0.717, 1.165) is 12.1 Å². The van der Waals surface area contributed by atoms with Crippen LogP contribution in [0, 0.1) is 0 Å². The number of alkyl halides is 16. The van der Waals surface area contributed by atoms with E-state index in [9.17, 15) is 0 Å². The van der Waals surface area contributed by atoms with Crippen LogP contribution in [0.2, 0.25) is 0 Å². The second-order valence-corrected chi connectivity index (χ2v) is 14.7. The fourth-order valence-electron chi connectivity index (χ4n) is 9.63. The molecule has 0 saturated carbocycles. The highest BCUT2D eigenvalue weighted by molar-refractivity contribution is 7.00. The Morgan fingerprint density at radius 1 is 0.404 bits per heavy atom. The van der Waals surface area contributed by atoms with Gasteiger partial charge in [0.05, 0.1) is 11.0 Å². The SMILES string of the molecule is FC1(F)c2cc3c4c(c2C(F)(F)C(F)(F)C1(F)F)c1ccccc1n4-c1cccc2c1B3c1cc3c(c4c5ccccc5n-2c14)C(F)(F)C(F)(F)C(F)(F)C3(F)F. The normalized spacial score (nSPS) is 22.8. The molecule has 0 spiro atoms. The number of benzene rings is 5. The zero-order valence-corrected chi connectivity index (χ0v) is 27.5. The van der Waals surface area contributed by atoms with E-state index in [1.54, 1.807) is 0 Å². The minimum absolute atomic E-state index is 0.0395. The van der Waals surface area contributed by atoms with Crippen molar-refractivity contribution in [2.45, 2.75) is 47.4 Å². The Bertz CT molecular complexity index is 2870. The van der Waals surface area contributed by atoms with Crippen molar-refractivity contribution in [1.82, 2.24) is 9.13 Å². The largest absolute Gasteiger partial charge is 0.382 e. The van der Waals surface area contributed by atoms with Gasteiger partial charge in [-0.3, -0.25) is 0 Å². The zero-order chi connectivity index (χ0) is 40.7. The molecule has 2 aromatic heterocycles. The van der Waals surface area contributed by atoms with Crippen LogP contribution in [0.3, 0.4) is 0 Å². The molecule has 5 aromatic carbocycles. The third-order valence-corrected chi connectivity index (χ3v) is 12.1. The molecule has 0 atom stereocenters. The lowest BCUT2D eigenvalue weighted by Crippen LogP contribution is -2.66. The van der Waals surface area contributed by atoms with Gasteiger partial charge in [0.15, 0.2) is 0 Å². The molecule has 11 rings (SSSR count). The minimum atomic E-state index is -6.73. The highest BCUT2D eigenvalue weighted by Gasteiger charge is 2.87. The lowest BCUT2D eigenvalue weighted by Gasteiger charge is -2.44. The van der Waals surface area contributed by atoms with Crippen molar-refractivity contribution < 1.29 is 70.2 Å². The molecule has 4 heterocycles. The second-order valence-electron chi connectivity index (χ2n) is 14.7. The molecule has 2 aliphatic heterocycles. The summed E-state index contributed by atoms with van der Waals surface area (Å²) in [4.78, 5) is 0. The summed E-state index contributed by atoms with van der Waals surface area (Å²) in [5.41, 5.74) is -11.7. The molecule has 290 valence electrons. The van der Waals surface area contributed by atoms with Gasteiger partial charge in [-0.25, -0.2) is 0 Å².